The third-order valence-electron chi connectivity index (χ3n) is 3.70. The lowest BCUT2D eigenvalue weighted by Gasteiger charge is -2.24. The van der Waals surface area contributed by atoms with Crippen molar-refractivity contribution in [1.82, 2.24) is 15.1 Å². The van der Waals surface area contributed by atoms with Gasteiger partial charge in [0.15, 0.2) is 0 Å². The summed E-state index contributed by atoms with van der Waals surface area (Å²) in [6.45, 7) is 2.14. The molecule has 0 bridgehead atoms. The minimum Gasteiger partial charge on any atom is -0.333 e. The van der Waals surface area contributed by atoms with Gasteiger partial charge in [0.25, 0.3) is 0 Å². The molecule has 3 amide bonds. The molecule has 1 aromatic rings. The summed E-state index contributed by atoms with van der Waals surface area (Å²) in [5, 5.41) is 6.66. The standard InChI is InChI=1S/C14H18F3N3O2S/c1-10(11-3-8-23-9-11)18-13(22)20-5-2-4-19(6-7-20)12(21)14(15,16)17/h3,8-10H,2,4-7H2,1H3,(H,18,22)/t10-/m1/s1. The number of nitrogens with one attached hydrogen (secondary N) is 1. The molecule has 1 atom stereocenters. The van der Waals surface area contributed by atoms with E-state index in [-0.39, 0.29) is 31.7 Å². The zero-order chi connectivity index (χ0) is 17.0. The first-order valence-corrected chi connectivity index (χ1v) is 8.17. The average Bonchev–Trinajstić information content (AvgIpc) is 2.90. The Balaban J connectivity index is 1.90. The molecule has 0 aliphatic carbocycles. The smallest absolute Gasteiger partial charge is 0.333 e. The van der Waals surface area contributed by atoms with Gasteiger partial charge in [-0.15, -0.1) is 0 Å². The number of alkyl halides is 3. The van der Waals surface area contributed by atoms with Gasteiger partial charge in [-0.05, 0) is 35.7 Å². The number of hydrogen-bond donors (Lipinski definition) is 1. The van der Waals surface area contributed by atoms with Gasteiger partial charge in [0.05, 0.1) is 6.04 Å². The van der Waals surface area contributed by atoms with Crippen molar-refractivity contribution in [1.29, 1.82) is 0 Å². The first kappa shape index (κ1) is 17.6. The maximum absolute atomic E-state index is 12.5. The molecule has 1 aliphatic heterocycles. The molecule has 0 radical (unpaired) electrons. The highest BCUT2D eigenvalue weighted by atomic mass is 32.1. The Morgan fingerprint density at radius 2 is 1.87 bits per heavy atom. The molecule has 2 heterocycles. The molecule has 1 fully saturated rings. The molecule has 0 spiro atoms. The topological polar surface area (TPSA) is 52.7 Å². The third kappa shape index (κ3) is 4.60. The van der Waals surface area contributed by atoms with Crippen LogP contribution in [-0.2, 0) is 4.79 Å². The predicted molar refractivity (Wildman–Crippen MR) is 80.1 cm³/mol. The molecule has 128 valence electrons. The van der Waals surface area contributed by atoms with Crippen LogP contribution >= 0.6 is 11.3 Å². The lowest BCUT2D eigenvalue weighted by molar-refractivity contribution is -0.185. The summed E-state index contributed by atoms with van der Waals surface area (Å²) in [4.78, 5) is 25.7. The molecular weight excluding hydrogens is 331 g/mol. The fourth-order valence-electron chi connectivity index (χ4n) is 2.38. The summed E-state index contributed by atoms with van der Waals surface area (Å²) < 4.78 is 37.4. The Bertz CT molecular complexity index is 548. The molecule has 1 aromatic heterocycles. The van der Waals surface area contributed by atoms with Crippen LogP contribution in [0.1, 0.15) is 24.9 Å². The molecule has 1 aliphatic rings. The van der Waals surface area contributed by atoms with Crippen LogP contribution in [0.2, 0.25) is 0 Å². The van der Waals surface area contributed by atoms with E-state index in [2.05, 4.69) is 5.32 Å². The number of nitrogens with zero attached hydrogens (tertiary/aromatic N) is 2. The number of hydrogen-bond acceptors (Lipinski definition) is 3. The number of thiophene rings is 1. The second-order valence-corrected chi connectivity index (χ2v) is 6.14. The highest BCUT2D eigenvalue weighted by Gasteiger charge is 2.42. The summed E-state index contributed by atoms with van der Waals surface area (Å²) in [5.74, 6) is -1.84. The van der Waals surface area contributed by atoms with Crippen LogP contribution in [0, 0.1) is 0 Å². The molecular formula is C14H18F3N3O2S. The number of carbonyl (C=O) groups is 2. The molecule has 0 aromatic carbocycles. The van der Waals surface area contributed by atoms with Crippen LogP contribution in [0.3, 0.4) is 0 Å². The monoisotopic (exact) mass is 349 g/mol. The van der Waals surface area contributed by atoms with Gasteiger partial charge in [-0.2, -0.15) is 24.5 Å². The van der Waals surface area contributed by atoms with Gasteiger partial charge in [-0.25, -0.2) is 4.79 Å². The second-order valence-electron chi connectivity index (χ2n) is 5.36. The van der Waals surface area contributed by atoms with E-state index in [0.717, 1.165) is 10.5 Å². The summed E-state index contributed by atoms with van der Waals surface area (Å²) in [7, 11) is 0. The summed E-state index contributed by atoms with van der Waals surface area (Å²) in [6.07, 6.45) is -4.55. The second kappa shape index (κ2) is 7.20. The van der Waals surface area contributed by atoms with Crippen LogP contribution in [0.15, 0.2) is 16.8 Å². The van der Waals surface area contributed by atoms with Crippen molar-refractivity contribution in [3.8, 4) is 0 Å². The van der Waals surface area contributed by atoms with E-state index in [1.807, 2.05) is 23.8 Å². The molecule has 9 heteroatoms. The Labute approximate surface area is 136 Å². The Morgan fingerprint density at radius 1 is 1.22 bits per heavy atom. The van der Waals surface area contributed by atoms with E-state index in [1.165, 1.54) is 16.2 Å². The molecule has 5 nitrogen and oxygen atoms in total. The van der Waals surface area contributed by atoms with Gasteiger partial charge < -0.3 is 15.1 Å². The number of rotatable bonds is 2. The van der Waals surface area contributed by atoms with Crippen LogP contribution in [0.4, 0.5) is 18.0 Å². The Morgan fingerprint density at radius 3 is 2.48 bits per heavy atom. The molecule has 23 heavy (non-hydrogen) atoms. The van der Waals surface area contributed by atoms with Crippen molar-refractivity contribution in [3.63, 3.8) is 0 Å². The number of carbonyl (C=O) groups excluding carboxylic acids is 2. The lowest BCUT2D eigenvalue weighted by Crippen LogP contribution is -2.45. The van der Waals surface area contributed by atoms with E-state index in [1.54, 1.807) is 0 Å². The minimum atomic E-state index is -4.87. The van der Waals surface area contributed by atoms with E-state index in [4.69, 9.17) is 0 Å². The van der Waals surface area contributed by atoms with Crippen LogP contribution in [0.25, 0.3) is 0 Å². The number of halogens is 3. The lowest BCUT2D eigenvalue weighted by atomic mass is 10.2. The van der Waals surface area contributed by atoms with Crippen molar-refractivity contribution in [2.45, 2.75) is 25.6 Å². The largest absolute Gasteiger partial charge is 0.471 e. The van der Waals surface area contributed by atoms with Crippen molar-refractivity contribution in [2.75, 3.05) is 26.2 Å². The summed E-state index contributed by atoms with van der Waals surface area (Å²) in [5.41, 5.74) is 0.979. The summed E-state index contributed by atoms with van der Waals surface area (Å²) in [6, 6.07) is 1.40. The Hall–Kier alpha value is -1.77. The SMILES string of the molecule is C[C@@H](NC(=O)N1CCCN(C(=O)C(F)(F)F)CC1)c1ccsc1. The van der Waals surface area contributed by atoms with Gasteiger partial charge in [-0.1, -0.05) is 0 Å². The van der Waals surface area contributed by atoms with E-state index in [0.29, 0.717) is 13.0 Å². The van der Waals surface area contributed by atoms with Crippen molar-refractivity contribution in [2.24, 2.45) is 0 Å². The minimum absolute atomic E-state index is 0.00219. The quantitative estimate of drug-likeness (QED) is 0.892. The van der Waals surface area contributed by atoms with Crippen LogP contribution < -0.4 is 5.32 Å². The molecule has 1 saturated heterocycles. The van der Waals surface area contributed by atoms with Gasteiger partial charge >= 0.3 is 18.1 Å². The van der Waals surface area contributed by atoms with Crippen LogP contribution in [0.5, 0.6) is 0 Å². The van der Waals surface area contributed by atoms with Gasteiger partial charge in [0, 0.05) is 26.2 Å². The first-order valence-electron chi connectivity index (χ1n) is 7.22. The normalized spacial score (nSPS) is 17.6. The Kier molecular flexibility index (Phi) is 5.51. The van der Waals surface area contributed by atoms with Crippen LogP contribution in [-0.4, -0.2) is 54.1 Å². The van der Waals surface area contributed by atoms with Gasteiger partial charge in [0.2, 0.25) is 0 Å². The number of amides is 3. The van der Waals surface area contributed by atoms with Crippen molar-refractivity contribution >= 4 is 23.3 Å². The number of urea groups is 1. The van der Waals surface area contributed by atoms with Crippen molar-refractivity contribution < 1.29 is 22.8 Å². The zero-order valence-corrected chi connectivity index (χ0v) is 13.4. The molecule has 2 rings (SSSR count). The van der Waals surface area contributed by atoms with Crippen molar-refractivity contribution in [3.05, 3.63) is 22.4 Å². The average molecular weight is 349 g/mol. The highest BCUT2D eigenvalue weighted by molar-refractivity contribution is 7.07. The summed E-state index contributed by atoms with van der Waals surface area (Å²) >= 11 is 1.52. The van der Waals surface area contributed by atoms with E-state index in [9.17, 15) is 22.8 Å². The van der Waals surface area contributed by atoms with E-state index >= 15 is 0 Å². The van der Waals surface area contributed by atoms with Gasteiger partial charge in [-0.3, -0.25) is 4.79 Å². The fraction of sp³-hybridized carbons (Fsp3) is 0.571. The highest BCUT2D eigenvalue weighted by Crippen LogP contribution is 2.20. The first-order chi connectivity index (χ1) is 10.8. The predicted octanol–water partition coefficient (Wildman–Crippen LogP) is 2.62. The van der Waals surface area contributed by atoms with E-state index < -0.39 is 12.1 Å². The maximum Gasteiger partial charge on any atom is 0.471 e. The molecule has 1 N–H and O–H groups in total. The maximum atomic E-state index is 12.5. The fourth-order valence-corrected chi connectivity index (χ4v) is 3.14. The third-order valence-corrected chi connectivity index (χ3v) is 4.40. The molecule has 0 unspecified atom stereocenters. The molecule has 0 saturated carbocycles. The zero-order valence-electron chi connectivity index (χ0n) is 12.6. The van der Waals surface area contributed by atoms with Gasteiger partial charge in [0.1, 0.15) is 0 Å².